The van der Waals surface area contributed by atoms with Gasteiger partial charge in [-0.15, -0.1) is 0 Å². The van der Waals surface area contributed by atoms with Gasteiger partial charge in [0.1, 0.15) is 17.3 Å². The Labute approximate surface area is 118 Å². The maximum atomic E-state index is 12.9. The highest BCUT2D eigenvalue weighted by molar-refractivity contribution is 5.57. The molecule has 0 radical (unpaired) electrons. The van der Waals surface area contributed by atoms with Gasteiger partial charge in [-0.25, -0.2) is 4.39 Å². The fraction of sp³-hybridized carbons (Fsp3) is 0.312. The molecule has 1 aromatic carbocycles. The molecule has 0 amide bonds. The highest BCUT2D eigenvalue weighted by atomic mass is 19.1. The molecular weight excluding hydrogens is 255 g/mol. The number of hydrogen-bond acceptors (Lipinski definition) is 3. The van der Waals surface area contributed by atoms with Crippen molar-refractivity contribution in [2.45, 2.75) is 20.4 Å². The molecule has 3 nitrogen and oxygen atoms in total. The number of rotatable bonds is 5. The second kappa shape index (κ2) is 5.89. The second-order valence-corrected chi connectivity index (χ2v) is 5.37. The zero-order chi connectivity index (χ0) is 14.6. The minimum Gasteiger partial charge on any atom is -0.460 e. The third kappa shape index (κ3) is 3.69. The van der Waals surface area contributed by atoms with Crippen molar-refractivity contribution in [2.24, 2.45) is 5.41 Å². The van der Waals surface area contributed by atoms with Gasteiger partial charge in [0.05, 0.1) is 18.0 Å². The lowest BCUT2D eigenvalue weighted by molar-refractivity contribution is 0.420. The van der Waals surface area contributed by atoms with Gasteiger partial charge in [0, 0.05) is 12.1 Å². The number of nitriles is 1. The average Bonchev–Trinajstić information content (AvgIpc) is 2.88. The molecule has 1 heterocycles. The van der Waals surface area contributed by atoms with E-state index in [1.807, 2.05) is 26.0 Å². The van der Waals surface area contributed by atoms with Crippen molar-refractivity contribution in [2.75, 3.05) is 6.54 Å². The van der Waals surface area contributed by atoms with Crippen LogP contribution in [0.3, 0.4) is 0 Å². The van der Waals surface area contributed by atoms with Crippen LogP contribution in [0.25, 0.3) is 11.3 Å². The van der Waals surface area contributed by atoms with Gasteiger partial charge in [-0.3, -0.25) is 0 Å². The molecule has 104 valence electrons. The van der Waals surface area contributed by atoms with Crippen LogP contribution < -0.4 is 5.32 Å². The van der Waals surface area contributed by atoms with E-state index in [0.717, 1.165) is 11.3 Å². The first-order valence-electron chi connectivity index (χ1n) is 6.47. The molecule has 0 spiro atoms. The van der Waals surface area contributed by atoms with Crippen molar-refractivity contribution in [1.82, 2.24) is 5.32 Å². The molecule has 4 heteroatoms. The quantitative estimate of drug-likeness (QED) is 0.902. The zero-order valence-corrected chi connectivity index (χ0v) is 11.6. The molecule has 0 unspecified atom stereocenters. The fourth-order valence-corrected chi connectivity index (χ4v) is 1.78. The molecule has 20 heavy (non-hydrogen) atoms. The van der Waals surface area contributed by atoms with Crippen LogP contribution in [0, 0.1) is 22.6 Å². The molecule has 2 rings (SSSR count). The van der Waals surface area contributed by atoms with Crippen molar-refractivity contribution < 1.29 is 8.81 Å². The summed E-state index contributed by atoms with van der Waals surface area (Å²) in [5.74, 6) is 1.24. The van der Waals surface area contributed by atoms with Gasteiger partial charge in [0.15, 0.2) is 0 Å². The summed E-state index contributed by atoms with van der Waals surface area (Å²) in [5.41, 5.74) is 0.446. The molecule has 0 aliphatic heterocycles. The van der Waals surface area contributed by atoms with E-state index in [4.69, 9.17) is 9.68 Å². The second-order valence-electron chi connectivity index (χ2n) is 5.37. The van der Waals surface area contributed by atoms with Crippen molar-refractivity contribution in [1.29, 1.82) is 5.26 Å². The third-order valence-corrected chi connectivity index (χ3v) is 2.96. The first kappa shape index (κ1) is 14.3. The Morgan fingerprint density at radius 1 is 1.20 bits per heavy atom. The van der Waals surface area contributed by atoms with E-state index in [0.29, 0.717) is 18.8 Å². The lowest BCUT2D eigenvalue weighted by Crippen LogP contribution is -2.27. The highest BCUT2D eigenvalue weighted by Gasteiger charge is 2.15. The Balaban J connectivity index is 1.96. The van der Waals surface area contributed by atoms with Gasteiger partial charge in [0.2, 0.25) is 0 Å². The van der Waals surface area contributed by atoms with Crippen molar-refractivity contribution >= 4 is 0 Å². The molecule has 0 atom stereocenters. The number of hydrogen-bond donors (Lipinski definition) is 1. The average molecular weight is 272 g/mol. The molecular formula is C16H17FN2O. The van der Waals surface area contributed by atoms with Gasteiger partial charge in [-0.05, 0) is 50.2 Å². The summed E-state index contributed by atoms with van der Waals surface area (Å²) in [4.78, 5) is 0. The summed E-state index contributed by atoms with van der Waals surface area (Å²) >= 11 is 0. The number of halogens is 1. The van der Waals surface area contributed by atoms with Crippen LogP contribution in [-0.2, 0) is 6.54 Å². The summed E-state index contributed by atoms with van der Waals surface area (Å²) < 4.78 is 18.5. The van der Waals surface area contributed by atoms with Crippen molar-refractivity contribution in [3.05, 3.63) is 48.0 Å². The number of nitrogens with one attached hydrogen (secondary N) is 1. The third-order valence-electron chi connectivity index (χ3n) is 2.96. The molecule has 1 aromatic heterocycles. The van der Waals surface area contributed by atoms with Crippen molar-refractivity contribution in [3.63, 3.8) is 0 Å². The van der Waals surface area contributed by atoms with Crippen LogP contribution in [0.5, 0.6) is 0 Å². The van der Waals surface area contributed by atoms with Gasteiger partial charge in [-0.2, -0.15) is 5.26 Å². The Bertz CT molecular complexity index is 608. The van der Waals surface area contributed by atoms with Gasteiger partial charge in [0.25, 0.3) is 0 Å². The molecule has 1 N–H and O–H groups in total. The first-order valence-corrected chi connectivity index (χ1v) is 6.47. The maximum absolute atomic E-state index is 12.9. The van der Waals surface area contributed by atoms with Crippen LogP contribution in [0.15, 0.2) is 40.8 Å². The Kier molecular flexibility index (Phi) is 4.21. The molecule has 0 bridgehead atoms. The lowest BCUT2D eigenvalue weighted by Gasteiger charge is -2.14. The zero-order valence-electron chi connectivity index (χ0n) is 11.6. The van der Waals surface area contributed by atoms with Crippen LogP contribution >= 0.6 is 0 Å². The van der Waals surface area contributed by atoms with E-state index in [9.17, 15) is 4.39 Å². The molecule has 0 fully saturated rings. The SMILES string of the molecule is CC(C)(C#N)CNCc1ccc(-c2ccc(F)cc2)o1. The van der Waals surface area contributed by atoms with E-state index in [2.05, 4.69) is 11.4 Å². The van der Waals surface area contributed by atoms with Crippen LogP contribution in [0.4, 0.5) is 4.39 Å². The largest absolute Gasteiger partial charge is 0.460 e. The molecule has 0 aliphatic carbocycles. The summed E-state index contributed by atoms with van der Waals surface area (Å²) in [6.07, 6.45) is 0. The minimum absolute atomic E-state index is 0.263. The maximum Gasteiger partial charge on any atom is 0.134 e. The Morgan fingerprint density at radius 3 is 2.55 bits per heavy atom. The first-order chi connectivity index (χ1) is 9.50. The monoisotopic (exact) mass is 272 g/mol. The van der Waals surface area contributed by atoms with Gasteiger partial charge in [-0.1, -0.05) is 0 Å². The summed E-state index contributed by atoms with van der Waals surface area (Å²) in [7, 11) is 0. The van der Waals surface area contributed by atoms with Crippen LogP contribution in [0.2, 0.25) is 0 Å². The minimum atomic E-state index is -0.396. The number of furan rings is 1. The number of benzene rings is 1. The van der Waals surface area contributed by atoms with Crippen molar-refractivity contribution in [3.8, 4) is 17.4 Å². The standard InChI is InChI=1S/C16H17FN2O/c1-16(2,10-18)11-19-9-14-7-8-15(20-14)12-3-5-13(17)6-4-12/h3-8,19H,9,11H2,1-2H3. The van der Waals surface area contributed by atoms with Gasteiger partial charge >= 0.3 is 0 Å². The smallest absolute Gasteiger partial charge is 0.134 e. The topological polar surface area (TPSA) is 49.0 Å². The normalized spacial score (nSPS) is 11.3. The Morgan fingerprint density at radius 2 is 1.90 bits per heavy atom. The summed E-state index contributed by atoms with van der Waals surface area (Å²) in [6, 6.07) is 12.2. The van der Waals surface area contributed by atoms with Crippen LogP contribution in [-0.4, -0.2) is 6.54 Å². The molecule has 2 aromatic rings. The number of nitrogens with zero attached hydrogens (tertiary/aromatic N) is 1. The Hall–Kier alpha value is -2.12. The predicted molar refractivity (Wildman–Crippen MR) is 75.2 cm³/mol. The van der Waals surface area contributed by atoms with E-state index in [-0.39, 0.29) is 5.82 Å². The summed E-state index contributed by atoms with van der Waals surface area (Å²) in [6.45, 7) is 4.92. The molecule has 0 saturated carbocycles. The van der Waals surface area contributed by atoms with E-state index >= 15 is 0 Å². The molecule has 0 saturated heterocycles. The molecule has 0 aliphatic rings. The summed E-state index contributed by atoms with van der Waals surface area (Å²) in [5, 5.41) is 12.1. The van der Waals surface area contributed by atoms with E-state index in [1.165, 1.54) is 12.1 Å². The lowest BCUT2D eigenvalue weighted by atomic mass is 9.96. The van der Waals surface area contributed by atoms with E-state index in [1.54, 1.807) is 12.1 Å². The predicted octanol–water partition coefficient (Wildman–Crippen LogP) is 3.73. The fourth-order valence-electron chi connectivity index (χ4n) is 1.78. The van der Waals surface area contributed by atoms with Gasteiger partial charge < -0.3 is 9.73 Å². The van der Waals surface area contributed by atoms with Crippen LogP contribution in [0.1, 0.15) is 19.6 Å². The van der Waals surface area contributed by atoms with E-state index < -0.39 is 5.41 Å². The highest BCUT2D eigenvalue weighted by Crippen LogP contribution is 2.22.